The van der Waals surface area contributed by atoms with E-state index in [-0.39, 0.29) is 18.7 Å². The van der Waals surface area contributed by atoms with Crippen LogP contribution in [0.5, 0.6) is 0 Å². The lowest BCUT2D eigenvalue weighted by atomic mass is 10.1. The number of imidazole rings is 1. The van der Waals surface area contributed by atoms with Gasteiger partial charge in [-0.3, -0.25) is 13.5 Å². The number of hydrogen-bond acceptors (Lipinski definition) is 10. The van der Waals surface area contributed by atoms with Gasteiger partial charge >= 0.3 is 10.3 Å². The highest BCUT2D eigenvalue weighted by Gasteiger charge is 2.32. The molecule has 0 radical (unpaired) electrons. The SMILES string of the molecule is Nc1ncnc2c1nc1n2[C@H]2CC[C@@H](COS(=O)(=O)NC(=O)[C@@H](N)CCCC1)O2. The molecule has 29 heavy (non-hydrogen) atoms. The van der Waals surface area contributed by atoms with Gasteiger partial charge in [-0.25, -0.2) is 19.7 Å². The Morgan fingerprint density at radius 1 is 1.21 bits per heavy atom. The van der Waals surface area contributed by atoms with Gasteiger partial charge in [-0.05, 0) is 25.7 Å². The summed E-state index contributed by atoms with van der Waals surface area (Å²) in [7, 11) is -4.25. The van der Waals surface area contributed by atoms with Crippen molar-refractivity contribution >= 4 is 33.2 Å². The fourth-order valence-corrected chi connectivity index (χ4v) is 4.41. The van der Waals surface area contributed by atoms with Crippen molar-refractivity contribution in [2.24, 2.45) is 5.73 Å². The molecule has 158 valence electrons. The van der Waals surface area contributed by atoms with E-state index >= 15 is 0 Å². The molecule has 5 N–H and O–H groups in total. The summed E-state index contributed by atoms with van der Waals surface area (Å²) in [6.45, 7) is -0.215. The van der Waals surface area contributed by atoms with Crippen LogP contribution in [0.1, 0.15) is 44.2 Å². The zero-order chi connectivity index (χ0) is 20.6. The second kappa shape index (κ2) is 7.82. The van der Waals surface area contributed by atoms with Crippen LogP contribution in [0.4, 0.5) is 5.82 Å². The summed E-state index contributed by atoms with van der Waals surface area (Å²) in [5.41, 5.74) is 12.8. The average molecular weight is 425 g/mol. The molecule has 1 amide bonds. The van der Waals surface area contributed by atoms with Gasteiger partial charge in [0.15, 0.2) is 17.0 Å². The summed E-state index contributed by atoms with van der Waals surface area (Å²) in [6.07, 6.45) is 3.97. The Morgan fingerprint density at radius 3 is 2.86 bits per heavy atom. The predicted octanol–water partition coefficient (Wildman–Crippen LogP) is -0.483. The van der Waals surface area contributed by atoms with Gasteiger partial charge in [-0.1, -0.05) is 6.42 Å². The van der Waals surface area contributed by atoms with Crippen LogP contribution in [0.25, 0.3) is 11.2 Å². The van der Waals surface area contributed by atoms with Crippen LogP contribution in [0.2, 0.25) is 0 Å². The highest BCUT2D eigenvalue weighted by molar-refractivity contribution is 7.85. The number of fused-ring (bicyclic) bond motifs is 6. The molecule has 1 fully saturated rings. The van der Waals surface area contributed by atoms with Crippen molar-refractivity contribution in [3.8, 4) is 0 Å². The molecule has 0 unspecified atom stereocenters. The molecule has 1 saturated heterocycles. The summed E-state index contributed by atoms with van der Waals surface area (Å²) in [5, 5.41) is 0. The number of carbonyl (C=O) groups excluding carboxylic acids is 1. The number of nitrogen functional groups attached to an aromatic ring is 1. The summed E-state index contributed by atoms with van der Waals surface area (Å²) in [6, 6.07) is -0.952. The third-order valence-corrected chi connectivity index (χ3v) is 5.99. The van der Waals surface area contributed by atoms with E-state index in [4.69, 9.17) is 20.4 Å². The topological polar surface area (TPSA) is 177 Å². The molecule has 3 atom stereocenters. The van der Waals surface area contributed by atoms with Gasteiger partial charge in [-0.2, -0.15) is 8.42 Å². The highest BCUT2D eigenvalue weighted by Crippen LogP contribution is 2.33. The normalized spacial score (nSPS) is 28.3. The van der Waals surface area contributed by atoms with E-state index in [1.165, 1.54) is 6.33 Å². The van der Waals surface area contributed by atoms with E-state index in [9.17, 15) is 13.2 Å². The monoisotopic (exact) mass is 425 g/mol. The molecule has 2 aromatic rings. The number of nitrogens with one attached hydrogen (secondary N) is 1. The zero-order valence-electron chi connectivity index (χ0n) is 15.7. The summed E-state index contributed by atoms with van der Waals surface area (Å²) in [4.78, 5) is 24.9. The molecule has 2 aromatic heterocycles. The molecule has 2 bridgehead atoms. The molecule has 13 heteroatoms. The van der Waals surface area contributed by atoms with Crippen molar-refractivity contribution in [2.45, 2.75) is 56.9 Å². The van der Waals surface area contributed by atoms with Crippen LogP contribution in [-0.4, -0.2) is 52.6 Å². The lowest BCUT2D eigenvalue weighted by Gasteiger charge is -2.17. The molecule has 0 spiro atoms. The van der Waals surface area contributed by atoms with Crippen molar-refractivity contribution in [1.82, 2.24) is 24.2 Å². The van der Waals surface area contributed by atoms with E-state index in [2.05, 4.69) is 15.0 Å². The van der Waals surface area contributed by atoms with Crippen molar-refractivity contribution in [3.63, 3.8) is 0 Å². The van der Waals surface area contributed by atoms with Crippen LogP contribution in [0.15, 0.2) is 6.33 Å². The Balaban J connectivity index is 1.66. The van der Waals surface area contributed by atoms with Gasteiger partial charge in [0.25, 0.3) is 5.91 Å². The number of rotatable bonds is 0. The predicted molar refractivity (Wildman–Crippen MR) is 101 cm³/mol. The van der Waals surface area contributed by atoms with E-state index < -0.39 is 28.4 Å². The quantitative estimate of drug-likeness (QED) is 0.499. The third kappa shape index (κ3) is 4.17. The van der Waals surface area contributed by atoms with E-state index in [0.717, 1.165) is 5.82 Å². The summed E-state index contributed by atoms with van der Waals surface area (Å²) < 4.78 is 38.7. The zero-order valence-corrected chi connectivity index (χ0v) is 16.5. The Labute approximate surface area is 167 Å². The second-order valence-corrected chi connectivity index (χ2v) is 8.52. The standard InChI is InChI=1S/C16H23N7O5S/c17-10-3-1-2-4-11-21-13-14(18)19-8-20-15(13)23(11)12-6-5-9(28-12)7-27-29(25,26)22-16(10)24/h8-10,12H,1-7,17H2,(H,22,24)(H2,18,19,20)/t9-,10-,12+/m0/s1. The first-order valence-electron chi connectivity index (χ1n) is 9.43. The molecule has 4 heterocycles. The van der Waals surface area contributed by atoms with Gasteiger partial charge in [0, 0.05) is 6.42 Å². The molecule has 0 aromatic carbocycles. The van der Waals surface area contributed by atoms with Gasteiger partial charge < -0.3 is 16.2 Å². The molecule has 2 aliphatic rings. The number of aryl methyl sites for hydroxylation is 1. The fraction of sp³-hybridized carbons (Fsp3) is 0.625. The molecule has 2 aliphatic heterocycles. The highest BCUT2D eigenvalue weighted by atomic mass is 32.2. The fourth-order valence-electron chi connectivity index (χ4n) is 3.62. The Kier molecular flexibility index (Phi) is 5.38. The van der Waals surface area contributed by atoms with Crippen LogP contribution in [0, 0.1) is 0 Å². The Morgan fingerprint density at radius 2 is 2.03 bits per heavy atom. The van der Waals surface area contributed by atoms with Crippen LogP contribution in [-0.2, 0) is 30.4 Å². The van der Waals surface area contributed by atoms with Gasteiger partial charge in [-0.15, -0.1) is 0 Å². The molecular formula is C16H23N7O5S. The van der Waals surface area contributed by atoms with Gasteiger partial charge in [0.2, 0.25) is 0 Å². The minimum absolute atomic E-state index is 0.215. The third-order valence-electron chi connectivity index (χ3n) is 5.09. The maximum atomic E-state index is 12.0. The molecule has 0 aliphatic carbocycles. The number of nitrogens with two attached hydrogens (primary N) is 2. The van der Waals surface area contributed by atoms with Gasteiger partial charge in [0.1, 0.15) is 18.4 Å². The Hall–Kier alpha value is -2.35. The van der Waals surface area contributed by atoms with Crippen molar-refractivity contribution < 1.29 is 22.1 Å². The first-order chi connectivity index (χ1) is 13.8. The van der Waals surface area contributed by atoms with Gasteiger partial charge in [0.05, 0.1) is 18.8 Å². The van der Waals surface area contributed by atoms with Crippen molar-refractivity contribution in [2.75, 3.05) is 12.3 Å². The summed E-state index contributed by atoms with van der Waals surface area (Å²) in [5.74, 6) is 0.242. The number of carbonyl (C=O) groups is 1. The molecule has 0 saturated carbocycles. The molecule has 4 rings (SSSR count). The largest absolute Gasteiger partial charge is 0.382 e. The molecular weight excluding hydrogens is 402 g/mol. The van der Waals surface area contributed by atoms with Crippen molar-refractivity contribution in [3.05, 3.63) is 12.2 Å². The Bertz CT molecular complexity index is 1020. The number of anilines is 1. The number of ether oxygens (including phenoxy) is 1. The van der Waals surface area contributed by atoms with Crippen molar-refractivity contribution in [1.29, 1.82) is 0 Å². The number of amides is 1. The maximum Gasteiger partial charge on any atom is 0.362 e. The first-order valence-corrected chi connectivity index (χ1v) is 10.8. The molecule has 12 nitrogen and oxygen atoms in total. The van der Waals surface area contributed by atoms with Crippen LogP contribution < -0.4 is 16.2 Å². The second-order valence-electron chi connectivity index (χ2n) is 7.18. The van der Waals surface area contributed by atoms with Crippen LogP contribution >= 0.6 is 0 Å². The van der Waals surface area contributed by atoms with E-state index in [0.29, 0.717) is 49.7 Å². The average Bonchev–Trinajstić information content (AvgIpc) is 3.27. The number of hydrogen-bond donors (Lipinski definition) is 3. The van der Waals surface area contributed by atoms with E-state index in [1.54, 1.807) is 0 Å². The lowest BCUT2D eigenvalue weighted by Crippen LogP contribution is -2.44. The van der Waals surface area contributed by atoms with Crippen LogP contribution in [0.3, 0.4) is 0 Å². The lowest BCUT2D eigenvalue weighted by molar-refractivity contribution is -0.120. The maximum absolute atomic E-state index is 12.0. The number of aromatic nitrogens is 4. The summed E-state index contributed by atoms with van der Waals surface area (Å²) >= 11 is 0. The first kappa shape index (κ1) is 19.9. The number of nitrogens with zero attached hydrogens (tertiary/aromatic N) is 4. The minimum Gasteiger partial charge on any atom is -0.382 e. The minimum atomic E-state index is -4.25. The van der Waals surface area contributed by atoms with E-state index in [1.807, 2.05) is 9.29 Å². The smallest absolute Gasteiger partial charge is 0.362 e.